The smallest absolute Gasteiger partial charge is 0.544 e. The van der Waals surface area contributed by atoms with E-state index in [4.69, 9.17) is 10.2 Å². The molecule has 1 aliphatic carbocycles. The molecule has 8 aromatic carbocycles. The van der Waals surface area contributed by atoms with E-state index in [1.807, 2.05) is 261 Å². The maximum absolute atomic E-state index is 13.0. The maximum atomic E-state index is 13.0. The van der Waals surface area contributed by atoms with Crippen LogP contribution in [-0.4, -0.2) is 45.5 Å². The van der Waals surface area contributed by atoms with Gasteiger partial charge in [-0.15, -0.1) is 56.7 Å². The number of hydrogen-bond donors (Lipinski definition) is 4. The first-order valence-corrected chi connectivity index (χ1v) is 37.3. The Morgan fingerprint density at radius 1 is 0.533 bits per heavy atom. The molecule has 0 radical (unpaired) electrons. The number of carboxylic acids is 2. The van der Waals surface area contributed by atoms with Crippen LogP contribution in [0.3, 0.4) is 0 Å². The molecule has 0 amide bonds. The van der Waals surface area contributed by atoms with Gasteiger partial charge in [0.05, 0.1) is 46.9 Å². The number of nitrogen functional groups attached to an aromatic ring is 1. The number of ketones is 1. The second-order valence-electron chi connectivity index (χ2n) is 24.0. The molecule has 7 aromatic heterocycles. The number of nitrogens with one attached hydrogen (secondary N) is 2. The number of aromatic nitrogens is 2. The molecule has 1 fully saturated rings. The fourth-order valence-electron chi connectivity index (χ4n) is 11.4. The molecule has 530 valence electrons. The van der Waals surface area contributed by atoms with Gasteiger partial charge in [-0.3, -0.25) is 14.3 Å². The van der Waals surface area contributed by atoms with Crippen LogP contribution in [0.15, 0.2) is 301 Å². The Labute approximate surface area is 655 Å². The van der Waals surface area contributed by atoms with Crippen LogP contribution in [0, 0.1) is 5.92 Å². The van der Waals surface area contributed by atoms with E-state index in [-0.39, 0.29) is 57.0 Å². The number of nitrogens with zero attached hydrogens (tertiary/aromatic N) is 1. The zero-order valence-corrected chi connectivity index (χ0v) is 63.7. The second-order valence-corrected chi connectivity index (χ2v) is 29.3. The van der Waals surface area contributed by atoms with Crippen molar-refractivity contribution in [1.82, 2.24) is 9.55 Å². The molecule has 0 aliphatic heterocycles. The second kappa shape index (κ2) is 36.7. The summed E-state index contributed by atoms with van der Waals surface area (Å²) in [6.45, 7) is 0.941. The molecule has 0 saturated heterocycles. The Bertz CT molecular complexity index is 5760. The number of Topliss-reactive ketones (excluding diaryl/α,β-unsaturated/α-hetero) is 1. The summed E-state index contributed by atoms with van der Waals surface area (Å²) in [6.07, 6.45) is 2.38. The van der Waals surface area contributed by atoms with Crippen LogP contribution in [0.25, 0.3) is 72.6 Å². The monoisotopic (exact) mass is 1520 g/mol. The summed E-state index contributed by atoms with van der Waals surface area (Å²) in [6, 6.07) is 87.3. The summed E-state index contributed by atoms with van der Waals surface area (Å²) >= 11 is 6.49. The minimum absolute atomic E-state index is 0. The molecule has 0 spiro atoms. The van der Waals surface area contributed by atoms with Crippen LogP contribution < -0.4 is 68.5 Å². The number of nitrogens with two attached hydrogens (primary N) is 1. The minimum atomic E-state index is -1.15. The number of methoxy groups -OCH3 is 1. The quantitative estimate of drug-likeness (QED) is 0.0459. The van der Waals surface area contributed by atoms with Crippen molar-refractivity contribution in [3.8, 4) is 52.2 Å². The maximum Gasteiger partial charge on any atom is 1.00 e. The first-order chi connectivity index (χ1) is 51.5. The van der Waals surface area contributed by atoms with E-state index in [9.17, 15) is 48.6 Å². The number of carbonyl (C=O) groups excluding carboxylic acids is 3. The van der Waals surface area contributed by atoms with Gasteiger partial charge in [0.1, 0.15) is 24.9 Å². The molecular weight excluding hydrogens is 1460 g/mol. The van der Waals surface area contributed by atoms with Crippen molar-refractivity contribution < 1.29 is 72.5 Å². The first-order valence-electron chi connectivity index (χ1n) is 33.3. The van der Waals surface area contributed by atoms with Crippen LogP contribution in [-0.2, 0) is 29.0 Å². The van der Waals surface area contributed by atoms with Crippen molar-refractivity contribution in [2.45, 2.75) is 38.3 Å². The van der Waals surface area contributed by atoms with Gasteiger partial charge in [-0.1, -0.05) is 243 Å². The van der Waals surface area contributed by atoms with Gasteiger partial charge < -0.3 is 39.6 Å². The van der Waals surface area contributed by atoms with Gasteiger partial charge in [-0.25, -0.2) is 28.8 Å². The number of benzene rings is 8. The van der Waals surface area contributed by atoms with Crippen molar-refractivity contribution in [3.05, 3.63) is 352 Å². The third kappa shape index (κ3) is 19.9. The van der Waals surface area contributed by atoms with E-state index in [1.165, 1.54) is 68.4 Å². The zero-order valence-electron chi connectivity index (χ0n) is 57.6. The van der Waals surface area contributed by atoms with Gasteiger partial charge in [-0.2, -0.15) is 0 Å². The molecule has 7 heterocycles. The van der Waals surface area contributed by atoms with Crippen LogP contribution in [0.2, 0.25) is 0 Å². The summed E-state index contributed by atoms with van der Waals surface area (Å²) in [5.74, 6) is -3.99. The van der Waals surface area contributed by atoms with E-state index in [0.717, 1.165) is 81.7 Å². The van der Waals surface area contributed by atoms with E-state index in [0.29, 0.717) is 61.8 Å². The molecule has 16 rings (SSSR count). The number of aromatic carboxylic acids is 2. The topological polar surface area (TPSA) is 274 Å². The van der Waals surface area contributed by atoms with Crippen LogP contribution in [0.4, 0.5) is 11.4 Å². The van der Waals surface area contributed by atoms with Gasteiger partial charge in [0.2, 0.25) is 0 Å². The SMILES string of the molecule is COC(=O)c1sc(-c2ccccc2)cc1N.O=C(O)c1sc(-c2ccccc2)cc1C(Cc1ccccc1)C(=O)C1CC1.O=C([O-])c1sc(-c2ccccc2)cc1NCc1ccccc1.O=c1[nH]c2cc(-c3ccccc3)sc2c(=O)o1.O=c1oc(=O)n(Cc2ccccc2)c2cc(-c3ccccc3)sc12.[Na+]. The number of carbonyl (C=O) groups is 4. The minimum Gasteiger partial charge on any atom is -0.544 e. The molecule has 15 aromatic rings. The van der Waals surface area contributed by atoms with Crippen molar-refractivity contribution in [3.63, 3.8) is 0 Å². The predicted molar refractivity (Wildman–Crippen MR) is 423 cm³/mol. The number of rotatable bonds is 18. The summed E-state index contributed by atoms with van der Waals surface area (Å²) in [7, 11) is 1.35. The standard InChI is InChI=1S/C23H20O3S.C19H13NO3S.C18H15NO2S.C12H7NO3S.C12H11NO2S.Na/c24-21(17-11-12-17)18(13-15-7-3-1-4-8-15)19-14-20(27-22(19)23(25)26)16-9-5-2-6-10-16;21-18-17-15(11-16(24-17)14-9-5-2-6-10-14)20(19(22)23-18)12-13-7-3-1-4-8-13;20-18(21)17-15(19-12-13-7-3-1-4-8-13)11-16(22-17)14-9-5-2-6-10-14;14-11-10-8(13-12(15)16-11)6-9(17-10)7-4-2-1-3-5-7;1-15-12(14)11-9(13)7-10(16-11)8-5-3-2-4-6-8;/h1-10,14,17-18H,11-13H2,(H,25,26);1-11H,12H2;1-11,19H,12H2,(H,20,21);1-6H,(H,13,15);2-7H,13H2,1H3;/q;;;;;+1/p-1. The third-order valence-corrected chi connectivity index (χ3v) is 22.6. The van der Waals surface area contributed by atoms with Crippen molar-refractivity contribution >= 4 is 112 Å². The van der Waals surface area contributed by atoms with Crippen LogP contribution in [0.5, 0.6) is 0 Å². The summed E-state index contributed by atoms with van der Waals surface area (Å²) in [5, 5.41) is 24.3. The number of H-pyrrole nitrogens is 1. The number of hydrogen-bond acceptors (Lipinski definition) is 19. The molecule has 107 heavy (non-hydrogen) atoms. The molecule has 1 saturated carbocycles. The molecule has 17 nitrogen and oxygen atoms in total. The number of ether oxygens (including phenoxy) is 1. The largest absolute Gasteiger partial charge is 1.00 e. The number of thiophene rings is 5. The van der Waals surface area contributed by atoms with Crippen molar-refractivity contribution in [2.24, 2.45) is 5.92 Å². The Morgan fingerprint density at radius 3 is 1.44 bits per heavy atom. The number of anilines is 2. The van der Waals surface area contributed by atoms with Gasteiger partial charge in [0, 0.05) is 42.8 Å². The van der Waals surface area contributed by atoms with Gasteiger partial charge in [0.15, 0.2) is 0 Å². The summed E-state index contributed by atoms with van der Waals surface area (Å²) in [4.78, 5) is 103. The number of aromatic amines is 1. The number of esters is 1. The fourth-order valence-corrected chi connectivity index (χ4v) is 16.5. The predicted octanol–water partition coefficient (Wildman–Crippen LogP) is 14.5. The average Bonchev–Trinajstić information content (AvgIpc) is 1.66. The van der Waals surface area contributed by atoms with Gasteiger partial charge >= 0.3 is 64.3 Å². The van der Waals surface area contributed by atoms with Crippen molar-refractivity contribution in [1.29, 1.82) is 0 Å². The third-order valence-electron chi connectivity index (χ3n) is 16.7. The molecular formula is C84H65N4NaO13S5. The molecule has 1 aliphatic rings. The van der Waals surface area contributed by atoms with E-state index in [1.54, 1.807) is 12.1 Å². The molecule has 5 N–H and O–H groups in total. The summed E-state index contributed by atoms with van der Waals surface area (Å²) < 4.78 is 16.5. The van der Waals surface area contributed by atoms with Gasteiger partial charge in [-0.05, 0) is 99.7 Å². The van der Waals surface area contributed by atoms with E-state index < -0.39 is 40.6 Å². The van der Waals surface area contributed by atoms with E-state index in [2.05, 4.69) is 19.5 Å². The van der Waals surface area contributed by atoms with Gasteiger partial charge in [0.25, 0.3) is 0 Å². The van der Waals surface area contributed by atoms with Crippen LogP contribution in [0.1, 0.15) is 70.0 Å². The average molecular weight is 1520 g/mol. The molecule has 23 heteroatoms. The normalized spacial score (nSPS) is 11.5. The first kappa shape index (κ1) is 76.9. The Hall–Kier alpha value is -11.2. The Morgan fingerprint density at radius 2 is 0.953 bits per heavy atom. The zero-order chi connectivity index (χ0) is 74.1. The van der Waals surface area contributed by atoms with E-state index >= 15 is 0 Å². The summed E-state index contributed by atoms with van der Waals surface area (Å²) in [5.41, 5.74) is 15.6. The number of carboxylic acid groups (broad SMARTS) is 2. The van der Waals surface area contributed by atoms with Crippen LogP contribution >= 0.6 is 56.7 Å². The number of fused-ring (bicyclic) bond motifs is 2. The Kier molecular flexibility index (Phi) is 26.4. The Balaban J connectivity index is 0.000000135. The van der Waals surface area contributed by atoms with Crippen molar-refractivity contribution in [2.75, 3.05) is 18.2 Å². The molecule has 1 atom stereocenters. The molecule has 0 bridgehead atoms. The molecule has 1 unspecified atom stereocenters. The fraction of sp³-hybridized carbons (Fsp3) is 0.0952.